The number of amides is 1. The predicted octanol–water partition coefficient (Wildman–Crippen LogP) is 2.52. The molecule has 0 heterocycles. The van der Waals surface area contributed by atoms with Crippen molar-refractivity contribution in [2.45, 2.75) is 19.4 Å². The van der Waals surface area contributed by atoms with E-state index in [1.54, 1.807) is 0 Å². The Morgan fingerprint density at radius 1 is 1.00 bits per heavy atom. The summed E-state index contributed by atoms with van der Waals surface area (Å²) in [6, 6.07) is 17.5. The van der Waals surface area contributed by atoms with Crippen LogP contribution in [-0.4, -0.2) is 5.91 Å². The molecule has 0 aliphatic heterocycles. The molecule has 19 heavy (non-hydrogen) atoms. The van der Waals surface area contributed by atoms with E-state index in [1.807, 2.05) is 54.6 Å². The third-order valence-corrected chi connectivity index (χ3v) is 3.01. The van der Waals surface area contributed by atoms with Gasteiger partial charge in [0, 0.05) is 18.7 Å². The Labute approximate surface area is 113 Å². The highest BCUT2D eigenvalue weighted by Crippen LogP contribution is 2.12. The van der Waals surface area contributed by atoms with Gasteiger partial charge in [-0.3, -0.25) is 4.79 Å². The van der Waals surface area contributed by atoms with Gasteiger partial charge in [-0.1, -0.05) is 48.5 Å². The van der Waals surface area contributed by atoms with Crippen molar-refractivity contribution >= 4 is 11.6 Å². The van der Waals surface area contributed by atoms with Crippen molar-refractivity contribution in [3.8, 4) is 0 Å². The number of aryl methyl sites for hydroxylation is 1. The molecule has 0 aromatic heterocycles. The van der Waals surface area contributed by atoms with Gasteiger partial charge in [-0.2, -0.15) is 0 Å². The van der Waals surface area contributed by atoms with Crippen molar-refractivity contribution in [1.29, 1.82) is 0 Å². The van der Waals surface area contributed by atoms with Crippen LogP contribution in [0.15, 0.2) is 54.6 Å². The average molecular weight is 254 g/mol. The fourth-order valence-corrected chi connectivity index (χ4v) is 1.89. The van der Waals surface area contributed by atoms with Crippen molar-refractivity contribution < 1.29 is 4.79 Å². The van der Waals surface area contributed by atoms with Crippen molar-refractivity contribution in [2.75, 3.05) is 5.73 Å². The van der Waals surface area contributed by atoms with Crippen LogP contribution >= 0.6 is 0 Å². The largest absolute Gasteiger partial charge is 0.399 e. The topological polar surface area (TPSA) is 55.1 Å². The van der Waals surface area contributed by atoms with Crippen LogP contribution in [0.4, 0.5) is 5.69 Å². The average Bonchev–Trinajstić information content (AvgIpc) is 2.45. The molecule has 0 bridgehead atoms. The third-order valence-electron chi connectivity index (χ3n) is 3.01. The van der Waals surface area contributed by atoms with Gasteiger partial charge in [-0.25, -0.2) is 0 Å². The van der Waals surface area contributed by atoms with Crippen LogP contribution in [0.25, 0.3) is 0 Å². The van der Waals surface area contributed by atoms with E-state index in [1.165, 1.54) is 0 Å². The summed E-state index contributed by atoms with van der Waals surface area (Å²) in [4.78, 5) is 11.7. The Kier molecular flexibility index (Phi) is 4.56. The lowest BCUT2D eigenvalue weighted by Crippen LogP contribution is -2.23. The van der Waals surface area contributed by atoms with Crippen LogP contribution in [0.5, 0.6) is 0 Å². The minimum Gasteiger partial charge on any atom is -0.399 e. The monoisotopic (exact) mass is 254 g/mol. The van der Waals surface area contributed by atoms with Gasteiger partial charge in [0.25, 0.3) is 0 Å². The molecule has 2 rings (SSSR count). The summed E-state index contributed by atoms with van der Waals surface area (Å²) in [5, 5.41) is 2.91. The number of nitrogen functional groups attached to an aromatic ring is 1. The summed E-state index contributed by atoms with van der Waals surface area (Å²) < 4.78 is 0. The Balaban J connectivity index is 1.78. The van der Waals surface area contributed by atoms with Crippen LogP contribution in [0.1, 0.15) is 17.5 Å². The smallest absolute Gasteiger partial charge is 0.220 e. The minimum absolute atomic E-state index is 0.0482. The molecule has 0 spiro atoms. The van der Waals surface area contributed by atoms with Gasteiger partial charge in [0.15, 0.2) is 0 Å². The van der Waals surface area contributed by atoms with E-state index in [0.29, 0.717) is 19.4 Å². The van der Waals surface area contributed by atoms with Gasteiger partial charge >= 0.3 is 0 Å². The molecule has 0 unspecified atom stereocenters. The second-order valence-corrected chi connectivity index (χ2v) is 4.46. The van der Waals surface area contributed by atoms with Gasteiger partial charge in [0.05, 0.1) is 0 Å². The van der Waals surface area contributed by atoms with Gasteiger partial charge < -0.3 is 11.1 Å². The van der Waals surface area contributed by atoms with E-state index >= 15 is 0 Å². The van der Waals surface area contributed by atoms with Gasteiger partial charge in [-0.05, 0) is 23.6 Å². The maximum Gasteiger partial charge on any atom is 0.220 e. The van der Waals surface area contributed by atoms with Gasteiger partial charge in [-0.15, -0.1) is 0 Å². The number of nitrogens with two attached hydrogens (primary N) is 1. The molecule has 0 radical (unpaired) electrons. The summed E-state index contributed by atoms with van der Waals surface area (Å²) in [7, 11) is 0. The van der Waals surface area contributed by atoms with Crippen LogP contribution < -0.4 is 11.1 Å². The molecule has 0 saturated heterocycles. The van der Waals surface area contributed by atoms with E-state index in [0.717, 1.165) is 16.8 Å². The summed E-state index contributed by atoms with van der Waals surface area (Å²) in [6.45, 7) is 0.573. The summed E-state index contributed by atoms with van der Waals surface area (Å²) in [6.07, 6.45) is 1.13. The molecular weight excluding hydrogens is 236 g/mol. The zero-order valence-electron chi connectivity index (χ0n) is 10.8. The highest BCUT2D eigenvalue weighted by atomic mass is 16.1. The Morgan fingerprint density at radius 3 is 2.42 bits per heavy atom. The zero-order valence-corrected chi connectivity index (χ0v) is 10.8. The van der Waals surface area contributed by atoms with Gasteiger partial charge in [0.2, 0.25) is 5.91 Å². The summed E-state index contributed by atoms with van der Waals surface area (Å²) in [5.41, 5.74) is 8.72. The zero-order chi connectivity index (χ0) is 13.5. The molecule has 3 nitrogen and oxygen atoms in total. The van der Waals surface area contributed by atoms with E-state index in [9.17, 15) is 4.79 Å². The number of hydrogen-bond donors (Lipinski definition) is 2. The summed E-state index contributed by atoms with van der Waals surface area (Å²) >= 11 is 0. The van der Waals surface area contributed by atoms with Crippen molar-refractivity contribution in [3.05, 3.63) is 65.7 Å². The molecule has 1 amide bonds. The first-order valence-electron chi connectivity index (χ1n) is 6.40. The molecular formula is C16H18N2O. The lowest BCUT2D eigenvalue weighted by Gasteiger charge is -2.07. The lowest BCUT2D eigenvalue weighted by atomic mass is 10.1. The lowest BCUT2D eigenvalue weighted by molar-refractivity contribution is -0.121. The number of benzene rings is 2. The van der Waals surface area contributed by atoms with Crippen molar-refractivity contribution in [1.82, 2.24) is 5.32 Å². The quantitative estimate of drug-likeness (QED) is 0.805. The number of hydrogen-bond acceptors (Lipinski definition) is 2. The first-order valence-corrected chi connectivity index (χ1v) is 6.40. The van der Waals surface area contributed by atoms with E-state index in [4.69, 9.17) is 5.73 Å². The summed E-state index contributed by atoms with van der Waals surface area (Å²) in [5.74, 6) is 0.0482. The third kappa shape index (κ3) is 4.14. The Hall–Kier alpha value is -2.29. The molecule has 0 aliphatic carbocycles. The number of carbonyl (C=O) groups is 1. The number of rotatable bonds is 5. The Bertz CT molecular complexity index is 537. The van der Waals surface area contributed by atoms with Crippen LogP contribution in [0.2, 0.25) is 0 Å². The second kappa shape index (κ2) is 6.59. The standard InChI is InChI=1S/C16H18N2O/c17-15-9-5-4-8-14(15)10-11-16(19)18-12-13-6-2-1-3-7-13/h1-9H,10-12,17H2,(H,18,19). The highest BCUT2D eigenvalue weighted by molar-refractivity contribution is 5.76. The van der Waals surface area contributed by atoms with E-state index in [-0.39, 0.29) is 5.91 Å². The molecule has 0 fully saturated rings. The predicted molar refractivity (Wildman–Crippen MR) is 77.5 cm³/mol. The van der Waals surface area contributed by atoms with Crippen molar-refractivity contribution in [3.63, 3.8) is 0 Å². The SMILES string of the molecule is Nc1ccccc1CCC(=O)NCc1ccccc1. The van der Waals surface area contributed by atoms with Gasteiger partial charge in [0.1, 0.15) is 0 Å². The first kappa shape index (κ1) is 13.1. The molecule has 2 aromatic carbocycles. The molecule has 2 aromatic rings. The minimum atomic E-state index is 0.0482. The van der Waals surface area contributed by atoms with Crippen LogP contribution in [0, 0.1) is 0 Å². The fourth-order valence-electron chi connectivity index (χ4n) is 1.89. The van der Waals surface area contributed by atoms with Crippen LogP contribution in [0.3, 0.4) is 0 Å². The number of nitrogens with one attached hydrogen (secondary N) is 1. The fraction of sp³-hybridized carbons (Fsp3) is 0.188. The molecule has 3 N–H and O–H groups in total. The number of anilines is 1. The molecule has 0 saturated carbocycles. The Morgan fingerprint density at radius 2 is 1.68 bits per heavy atom. The highest BCUT2D eigenvalue weighted by Gasteiger charge is 2.04. The van der Waals surface area contributed by atoms with Crippen LogP contribution in [-0.2, 0) is 17.8 Å². The maximum atomic E-state index is 11.7. The van der Waals surface area contributed by atoms with Crippen molar-refractivity contribution in [2.24, 2.45) is 0 Å². The first-order chi connectivity index (χ1) is 9.25. The van der Waals surface area contributed by atoms with E-state index < -0.39 is 0 Å². The normalized spacial score (nSPS) is 10.1. The molecule has 3 heteroatoms. The van der Waals surface area contributed by atoms with E-state index in [2.05, 4.69) is 5.32 Å². The molecule has 98 valence electrons. The maximum absolute atomic E-state index is 11.7. The number of carbonyl (C=O) groups excluding carboxylic acids is 1. The molecule has 0 aliphatic rings. The molecule has 0 atom stereocenters. The second-order valence-electron chi connectivity index (χ2n) is 4.46. The number of para-hydroxylation sites is 1.